The highest BCUT2D eigenvalue weighted by Crippen LogP contribution is 2.28. The van der Waals surface area contributed by atoms with E-state index in [-0.39, 0.29) is 0 Å². The van der Waals surface area contributed by atoms with Crippen molar-refractivity contribution in [3.8, 4) is 0 Å². The zero-order chi connectivity index (χ0) is 14.4. The SMILES string of the molecule is CCCC(c1cccs1)n1cncc1CNCC(C)C. The molecule has 0 aliphatic rings. The largest absolute Gasteiger partial charge is 0.325 e. The Labute approximate surface area is 126 Å². The Hall–Kier alpha value is -1.13. The molecule has 20 heavy (non-hydrogen) atoms. The Morgan fingerprint density at radius 2 is 2.25 bits per heavy atom. The van der Waals surface area contributed by atoms with E-state index in [9.17, 15) is 0 Å². The normalized spacial score (nSPS) is 13.0. The molecule has 0 amide bonds. The summed E-state index contributed by atoms with van der Waals surface area (Å²) in [6.45, 7) is 8.65. The van der Waals surface area contributed by atoms with Crippen LogP contribution in [0.3, 0.4) is 0 Å². The van der Waals surface area contributed by atoms with E-state index in [1.165, 1.54) is 17.0 Å². The van der Waals surface area contributed by atoms with Crippen LogP contribution in [0.25, 0.3) is 0 Å². The number of nitrogens with one attached hydrogen (secondary N) is 1. The molecule has 3 nitrogen and oxygen atoms in total. The lowest BCUT2D eigenvalue weighted by Crippen LogP contribution is -2.22. The van der Waals surface area contributed by atoms with Crippen molar-refractivity contribution in [1.82, 2.24) is 14.9 Å². The van der Waals surface area contributed by atoms with E-state index in [1.54, 1.807) is 0 Å². The van der Waals surface area contributed by atoms with E-state index in [0.29, 0.717) is 12.0 Å². The average Bonchev–Trinajstić information content (AvgIpc) is 3.07. The molecule has 2 rings (SSSR count). The first-order valence-corrected chi connectivity index (χ1v) is 8.35. The summed E-state index contributed by atoms with van der Waals surface area (Å²) in [5.74, 6) is 0.676. The van der Waals surface area contributed by atoms with E-state index in [1.807, 2.05) is 23.9 Å². The summed E-state index contributed by atoms with van der Waals surface area (Å²) in [6.07, 6.45) is 6.31. The fourth-order valence-corrected chi connectivity index (χ4v) is 3.27. The van der Waals surface area contributed by atoms with Gasteiger partial charge in [-0.2, -0.15) is 0 Å². The first kappa shape index (κ1) is 15.3. The number of aromatic nitrogens is 2. The molecule has 0 fully saturated rings. The third kappa shape index (κ3) is 3.93. The fraction of sp³-hybridized carbons (Fsp3) is 0.562. The topological polar surface area (TPSA) is 29.9 Å². The molecule has 0 aliphatic heterocycles. The summed E-state index contributed by atoms with van der Waals surface area (Å²) < 4.78 is 2.34. The lowest BCUT2D eigenvalue weighted by molar-refractivity contribution is 0.495. The molecule has 0 bridgehead atoms. The Balaban J connectivity index is 2.11. The van der Waals surface area contributed by atoms with Crippen LogP contribution in [0, 0.1) is 5.92 Å². The van der Waals surface area contributed by atoms with Gasteiger partial charge >= 0.3 is 0 Å². The van der Waals surface area contributed by atoms with E-state index >= 15 is 0 Å². The second kappa shape index (κ2) is 7.60. The van der Waals surface area contributed by atoms with E-state index < -0.39 is 0 Å². The number of hydrogen-bond donors (Lipinski definition) is 1. The van der Waals surface area contributed by atoms with Gasteiger partial charge < -0.3 is 9.88 Å². The molecule has 2 heterocycles. The minimum atomic E-state index is 0.429. The first-order chi connectivity index (χ1) is 9.72. The Bertz CT molecular complexity index is 488. The van der Waals surface area contributed by atoms with Crippen LogP contribution < -0.4 is 5.32 Å². The van der Waals surface area contributed by atoms with Gasteiger partial charge in [-0.1, -0.05) is 33.3 Å². The van der Waals surface area contributed by atoms with Crippen LogP contribution in [-0.4, -0.2) is 16.1 Å². The zero-order valence-electron chi connectivity index (χ0n) is 12.7. The number of nitrogens with zero attached hydrogens (tertiary/aromatic N) is 2. The van der Waals surface area contributed by atoms with E-state index in [0.717, 1.165) is 19.5 Å². The van der Waals surface area contributed by atoms with Crippen LogP contribution in [0.1, 0.15) is 50.2 Å². The van der Waals surface area contributed by atoms with Gasteiger partial charge in [0.1, 0.15) is 0 Å². The van der Waals surface area contributed by atoms with Crippen molar-refractivity contribution >= 4 is 11.3 Å². The van der Waals surface area contributed by atoms with E-state index in [2.05, 4.69) is 53.2 Å². The van der Waals surface area contributed by atoms with Crippen molar-refractivity contribution in [3.63, 3.8) is 0 Å². The summed E-state index contributed by atoms with van der Waals surface area (Å²) in [5.41, 5.74) is 1.28. The number of hydrogen-bond acceptors (Lipinski definition) is 3. The van der Waals surface area contributed by atoms with Gasteiger partial charge in [-0.25, -0.2) is 4.98 Å². The molecule has 110 valence electrons. The number of rotatable bonds is 8. The van der Waals surface area contributed by atoms with Crippen molar-refractivity contribution in [1.29, 1.82) is 0 Å². The summed E-state index contributed by atoms with van der Waals surface area (Å²) in [5, 5.41) is 5.67. The molecule has 0 aliphatic carbocycles. The van der Waals surface area contributed by atoms with Gasteiger partial charge in [0.2, 0.25) is 0 Å². The first-order valence-electron chi connectivity index (χ1n) is 7.47. The molecule has 1 N–H and O–H groups in total. The molecular formula is C16H25N3S. The predicted molar refractivity (Wildman–Crippen MR) is 86.1 cm³/mol. The molecule has 2 aromatic rings. The quantitative estimate of drug-likeness (QED) is 0.794. The Kier molecular flexibility index (Phi) is 5.80. The highest BCUT2D eigenvalue weighted by molar-refractivity contribution is 7.10. The van der Waals surface area contributed by atoms with Crippen LogP contribution >= 0.6 is 11.3 Å². The highest BCUT2D eigenvalue weighted by atomic mass is 32.1. The standard InChI is InChI=1S/C16H25N3S/c1-4-6-15(16-7-5-8-20-16)19-12-18-11-14(19)10-17-9-13(2)3/h5,7-8,11-13,15,17H,4,6,9-10H2,1-3H3. The summed E-state index contributed by atoms with van der Waals surface area (Å²) in [4.78, 5) is 5.79. The van der Waals surface area contributed by atoms with Gasteiger partial charge in [0.15, 0.2) is 0 Å². The minimum absolute atomic E-state index is 0.429. The van der Waals surface area contributed by atoms with Gasteiger partial charge in [-0.05, 0) is 30.3 Å². The van der Waals surface area contributed by atoms with E-state index in [4.69, 9.17) is 0 Å². The van der Waals surface area contributed by atoms with Crippen molar-refractivity contribution in [2.45, 2.75) is 46.2 Å². The third-order valence-electron chi connectivity index (χ3n) is 3.37. The van der Waals surface area contributed by atoms with Crippen molar-refractivity contribution in [2.24, 2.45) is 5.92 Å². The lowest BCUT2D eigenvalue weighted by Gasteiger charge is -2.20. The smallest absolute Gasteiger partial charge is 0.0954 e. The van der Waals surface area contributed by atoms with Crippen LogP contribution in [0.15, 0.2) is 30.0 Å². The second-order valence-corrected chi connectivity index (χ2v) is 6.62. The summed E-state index contributed by atoms with van der Waals surface area (Å²) in [6, 6.07) is 4.80. The molecule has 0 saturated carbocycles. The lowest BCUT2D eigenvalue weighted by atomic mass is 10.1. The maximum Gasteiger partial charge on any atom is 0.0954 e. The van der Waals surface area contributed by atoms with Gasteiger partial charge in [-0.15, -0.1) is 11.3 Å². The van der Waals surface area contributed by atoms with Crippen LogP contribution in [0.5, 0.6) is 0 Å². The molecule has 1 atom stereocenters. The zero-order valence-corrected chi connectivity index (χ0v) is 13.5. The average molecular weight is 291 g/mol. The monoisotopic (exact) mass is 291 g/mol. The van der Waals surface area contributed by atoms with Crippen molar-refractivity contribution < 1.29 is 0 Å². The maximum absolute atomic E-state index is 4.36. The van der Waals surface area contributed by atoms with Crippen LogP contribution in [0.4, 0.5) is 0 Å². The number of imidazole rings is 1. The highest BCUT2D eigenvalue weighted by Gasteiger charge is 2.16. The van der Waals surface area contributed by atoms with Gasteiger partial charge in [0.05, 0.1) is 18.1 Å². The molecule has 0 saturated heterocycles. The molecule has 4 heteroatoms. The molecule has 0 aromatic carbocycles. The van der Waals surface area contributed by atoms with Crippen molar-refractivity contribution in [2.75, 3.05) is 6.54 Å². The molecule has 2 aromatic heterocycles. The Morgan fingerprint density at radius 3 is 2.90 bits per heavy atom. The summed E-state index contributed by atoms with van der Waals surface area (Å²) >= 11 is 1.84. The van der Waals surface area contributed by atoms with Crippen molar-refractivity contribution in [3.05, 3.63) is 40.6 Å². The van der Waals surface area contributed by atoms with Crippen LogP contribution in [0.2, 0.25) is 0 Å². The summed E-state index contributed by atoms with van der Waals surface area (Å²) in [7, 11) is 0. The second-order valence-electron chi connectivity index (χ2n) is 5.64. The molecular weight excluding hydrogens is 266 g/mol. The molecule has 1 unspecified atom stereocenters. The third-order valence-corrected chi connectivity index (χ3v) is 4.35. The van der Waals surface area contributed by atoms with Crippen LogP contribution in [-0.2, 0) is 6.54 Å². The number of thiophene rings is 1. The Morgan fingerprint density at radius 1 is 1.40 bits per heavy atom. The maximum atomic E-state index is 4.36. The predicted octanol–water partition coefficient (Wildman–Crippen LogP) is 4.08. The minimum Gasteiger partial charge on any atom is -0.325 e. The fourth-order valence-electron chi connectivity index (χ4n) is 2.41. The van der Waals surface area contributed by atoms with Gasteiger partial charge in [-0.3, -0.25) is 0 Å². The molecule has 0 spiro atoms. The van der Waals surface area contributed by atoms with Gasteiger partial charge in [0.25, 0.3) is 0 Å². The molecule has 0 radical (unpaired) electrons. The van der Waals surface area contributed by atoms with Gasteiger partial charge in [0, 0.05) is 17.6 Å².